The van der Waals surface area contributed by atoms with Crippen LogP contribution in [0, 0.1) is 26.7 Å². The Kier molecular flexibility index (Phi) is 7.77. The van der Waals surface area contributed by atoms with E-state index in [1.807, 2.05) is 32.9 Å². The van der Waals surface area contributed by atoms with Crippen molar-refractivity contribution in [3.8, 4) is 0 Å². The van der Waals surface area contributed by atoms with Gasteiger partial charge in [-0.2, -0.15) is 0 Å². The molecule has 7 heteroatoms. The number of amides is 1. The van der Waals surface area contributed by atoms with Gasteiger partial charge >= 0.3 is 0 Å². The number of aryl methyl sites for hydroxylation is 2. The first-order valence-corrected chi connectivity index (χ1v) is 11.6. The Balaban J connectivity index is 1.83. The Hall–Kier alpha value is -2.60. The lowest BCUT2D eigenvalue weighted by Crippen LogP contribution is -2.39. The van der Waals surface area contributed by atoms with E-state index in [2.05, 4.69) is 22.1 Å². The summed E-state index contributed by atoms with van der Waals surface area (Å²) in [6.07, 6.45) is 4.74. The molecule has 0 aliphatic heterocycles. The normalized spacial score (nSPS) is 18.3. The van der Waals surface area contributed by atoms with Gasteiger partial charge in [0, 0.05) is 52.6 Å². The van der Waals surface area contributed by atoms with Crippen molar-refractivity contribution in [2.24, 2.45) is 5.92 Å². The molecule has 1 aromatic carbocycles. The summed E-state index contributed by atoms with van der Waals surface area (Å²) in [6, 6.07) is 5.80. The average Bonchev–Trinajstić information content (AvgIpc) is 2.75. The van der Waals surface area contributed by atoms with Crippen LogP contribution in [0.1, 0.15) is 65.3 Å². The molecular formula is C25H32ClN3O3. The van der Waals surface area contributed by atoms with E-state index < -0.39 is 0 Å². The maximum atomic E-state index is 13.1. The average molecular weight is 458 g/mol. The number of halogens is 1. The molecule has 1 aliphatic rings. The van der Waals surface area contributed by atoms with Crippen molar-refractivity contribution in [1.29, 1.82) is 0 Å². The smallest absolute Gasteiger partial charge is 0.253 e. The molecule has 1 amide bonds. The Bertz CT molecular complexity index is 1060. The number of hydrogen-bond donors (Lipinski definition) is 2. The highest BCUT2D eigenvalue weighted by atomic mass is 35.5. The van der Waals surface area contributed by atoms with Gasteiger partial charge in [-0.3, -0.25) is 9.59 Å². The van der Waals surface area contributed by atoms with Crippen molar-refractivity contribution in [2.45, 2.75) is 66.0 Å². The lowest BCUT2D eigenvalue weighted by Gasteiger charge is -2.38. The number of nitrogens with one attached hydrogen (secondary N) is 2. The molecule has 1 aromatic heterocycles. The van der Waals surface area contributed by atoms with E-state index in [0.717, 1.165) is 61.0 Å². The van der Waals surface area contributed by atoms with Crippen LogP contribution >= 0.6 is 11.6 Å². The van der Waals surface area contributed by atoms with Crippen LogP contribution in [0.5, 0.6) is 0 Å². The molecule has 0 atom stereocenters. The van der Waals surface area contributed by atoms with Gasteiger partial charge in [0.15, 0.2) is 0 Å². The third-order valence-electron chi connectivity index (χ3n) is 6.53. The van der Waals surface area contributed by atoms with Crippen LogP contribution in [0.4, 0.5) is 5.69 Å². The van der Waals surface area contributed by atoms with E-state index in [9.17, 15) is 14.4 Å². The number of hydrogen-bond acceptors (Lipinski definition) is 4. The van der Waals surface area contributed by atoms with Crippen LogP contribution in [0.2, 0.25) is 5.02 Å². The van der Waals surface area contributed by atoms with Gasteiger partial charge in [0.05, 0.1) is 0 Å². The summed E-state index contributed by atoms with van der Waals surface area (Å²) >= 11 is 6.43. The Morgan fingerprint density at radius 3 is 2.47 bits per heavy atom. The molecular weight excluding hydrogens is 426 g/mol. The number of rotatable bonds is 7. The van der Waals surface area contributed by atoms with Gasteiger partial charge in [-0.25, -0.2) is 0 Å². The predicted octanol–water partition coefficient (Wildman–Crippen LogP) is 4.47. The zero-order chi connectivity index (χ0) is 23.4. The highest BCUT2D eigenvalue weighted by Gasteiger charge is 2.27. The third-order valence-corrected chi connectivity index (χ3v) is 6.75. The molecule has 1 fully saturated rings. The van der Waals surface area contributed by atoms with Gasteiger partial charge in [0.1, 0.15) is 6.29 Å². The minimum atomic E-state index is -0.258. The summed E-state index contributed by atoms with van der Waals surface area (Å²) in [5, 5.41) is 3.39. The maximum Gasteiger partial charge on any atom is 0.253 e. The first-order valence-electron chi connectivity index (χ1n) is 11.2. The van der Waals surface area contributed by atoms with E-state index in [0.29, 0.717) is 22.2 Å². The van der Waals surface area contributed by atoms with Crippen molar-refractivity contribution in [3.63, 3.8) is 0 Å². The number of aldehydes is 1. The number of nitrogens with zero attached hydrogens (tertiary/aromatic N) is 1. The first kappa shape index (κ1) is 24.1. The monoisotopic (exact) mass is 457 g/mol. The topological polar surface area (TPSA) is 82.3 Å². The number of anilines is 1. The molecule has 1 aliphatic carbocycles. The summed E-state index contributed by atoms with van der Waals surface area (Å²) in [7, 11) is 0. The minimum absolute atomic E-state index is 0.148. The zero-order valence-electron chi connectivity index (χ0n) is 19.3. The molecule has 0 bridgehead atoms. The molecule has 172 valence electrons. The van der Waals surface area contributed by atoms with Gasteiger partial charge in [-0.1, -0.05) is 11.6 Å². The van der Waals surface area contributed by atoms with Gasteiger partial charge < -0.3 is 20.0 Å². The maximum absolute atomic E-state index is 13.1. The molecule has 2 N–H and O–H groups in total. The van der Waals surface area contributed by atoms with E-state index in [-0.39, 0.29) is 23.9 Å². The highest BCUT2D eigenvalue weighted by molar-refractivity contribution is 6.31. The van der Waals surface area contributed by atoms with Gasteiger partial charge in [-0.15, -0.1) is 0 Å². The second-order valence-electron chi connectivity index (χ2n) is 8.71. The molecule has 3 rings (SSSR count). The number of pyridine rings is 1. The molecule has 1 heterocycles. The molecule has 0 saturated heterocycles. The zero-order valence-corrected chi connectivity index (χ0v) is 20.0. The second-order valence-corrected chi connectivity index (χ2v) is 9.15. The molecule has 2 aromatic rings. The molecule has 6 nitrogen and oxygen atoms in total. The van der Waals surface area contributed by atoms with Crippen LogP contribution in [-0.4, -0.2) is 29.8 Å². The third kappa shape index (κ3) is 5.23. The van der Waals surface area contributed by atoms with Crippen LogP contribution < -0.4 is 15.8 Å². The number of aromatic nitrogens is 1. The summed E-state index contributed by atoms with van der Waals surface area (Å²) in [5.74, 6) is -0.105. The number of H-pyrrole nitrogens is 1. The molecule has 0 radical (unpaired) electrons. The second kappa shape index (κ2) is 10.3. The van der Waals surface area contributed by atoms with E-state index in [4.69, 9.17) is 11.6 Å². The lowest BCUT2D eigenvalue weighted by molar-refractivity contribution is -0.111. The highest BCUT2D eigenvalue weighted by Crippen LogP contribution is 2.34. The van der Waals surface area contributed by atoms with Crippen molar-refractivity contribution in [3.05, 3.63) is 61.5 Å². The molecule has 0 spiro atoms. The summed E-state index contributed by atoms with van der Waals surface area (Å²) in [6.45, 7) is 8.66. The fourth-order valence-electron chi connectivity index (χ4n) is 4.74. The fraction of sp³-hybridized carbons (Fsp3) is 0.480. The van der Waals surface area contributed by atoms with Crippen molar-refractivity contribution in [2.75, 3.05) is 11.4 Å². The van der Waals surface area contributed by atoms with Crippen LogP contribution in [-0.2, 0) is 11.3 Å². The minimum Gasteiger partial charge on any atom is -0.369 e. The van der Waals surface area contributed by atoms with E-state index >= 15 is 0 Å². The van der Waals surface area contributed by atoms with Gasteiger partial charge in [0.2, 0.25) is 0 Å². The first-order chi connectivity index (χ1) is 15.2. The van der Waals surface area contributed by atoms with Crippen LogP contribution in [0.15, 0.2) is 23.0 Å². The van der Waals surface area contributed by atoms with Crippen molar-refractivity contribution >= 4 is 29.5 Å². The van der Waals surface area contributed by atoms with Crippen LogP contribution in [0.3, 0.4) is 0 Å². The van der Waals surface area contributed by atoms with Crippen LogP contribution in [0.25, 0.3) is 0 Å². The number of benzene rings is 1. The summed E-state index contributed by atoms with van der Waals surface area (Å²) in [4.78, 5) is 41.5. The fourth-order valence-corrected chi connectivity index (χ4v) is 4.95. The predicted molar refractivity (Wildman–Crippen MR) is 129 cm³/mol. The van der Waals surface area contributed by atoms with E-state index in [1.54, 1.807) is 6.07 Å². The van der Waals surface area contributed by atoms with Gasteiger partial charge in [-0.05, 0) is 82.7 Å². The van der Waals surface area contributed by atoms with Crippen molar-refractivity contribution in [1.82, 2.24) is 10.3 Å². The lowest BCUT2D eigenvalue weighted by atomic mass is 9.85. The largest absolute Gasteiger partial charge is 0.369 e. The van der Waals surface area contributed by atoms with Gasteiger partial charge in [0.25, 0.3) is 11.5 Å². The Morgan fingerprint density at radius 1 is 1.19 bits per heavy atom. The standard InChI is InChI=1S/C25H32ClN3O3/c1-5-29(20-8-6-18(14-30)7-9-20)23-12-19(26)11-21(17(23)4)24(31)27-13-22-15(2)10-16(3)28-25(22)32/h10-12,14,18,20H,5-9,13H2,1-4H3,(H,27,31)(H,28,32). The summed E-state index contributed by atoms with van der Waals surface area (Å²) in [5.41, 5.74) is 4.32. The quantitative estimate of drug-likeness (QED) is 0.601. The molecule has 1 saturated carbocycles. The van der Waals surface area contributed by atoms with E-state index in [1.165, 1.54) is 0 Å². The number of carbonyl (C=O) groups excluding carboxylic acids is 2. The summed E-state index contributed by atoms with van der Waals surface area (Å²) < 4.78 is 0. The SMILES string of the molecule is CCN(c1cc(Cl)cc(C(=O)NCc2c(C)cc(C)[nH]c2=O)c1C)C1CCC(C=O)CC1. The van der Waals surface area contributed by atoms with Crippen molar-refractivity contribution < 1.29 is 9.59 Å². The Labute approximate surface area is 194 Å². The number of carbonyl (C=O) groups is 2. The number of aromatic amines is 1. The molecule has 32 heavy (non-hydrogen) atoms. The Morgan fingerprint density at radius 2 is 1.88 bits per heavy atom. The molecule has 0 unspecified atom stereocenters.